The van der Waals surface area contributed by atoms with E-state index in [2.05, 4.69) is 0 Å². The first-order valence-electron chi connectivity index (χ1n) is 5.89. The van der Waals surface area contributed by atoms with Crippen molar-refractivity contribution in [3.63, 3.8) is 0 Å². The summed E-state index contributed by atoms with van der Waals surface area (Å²) in [5.74, 6) is 0.914. The maximum absolute atomic E-state index is 7.41. The summed E-state index contributed by atoms with van der Waals surface area (Å²) in [5.41, 5.74) is 7.18. The van der Waals surface area contributed by atoms with Crippen LogP contribution in [0, 0.1) is 5.41 Å². The average molecular weight is 272 g/mol. The Bertz CT molecular complexity index is 567. The summed E-state index contributed by atoms with van der Waals surface area (Å²) < 4.78 is 5.71. The normalized spacial score (nSPS) is 10.2. The Morgan fingerprint density at radius 3 is 2.58 bits per heavy atom. The fraction of sp³-hybridized carbons (Fsp3) is 0.133. The number of nitrogens with two attached hydrogens (primary N) is 1. The van der Waals surface area contributed by atoms with Crippen molar-refractivity contribution in [1.29, 1.82) is 5.41 Å². The van der Waals surface area contributed by atoms with Gasteiger partial charge in [0, 0.05) is 10.5 Å². The molecule has 19 heavy (non-hydrogen) atoms. The minimum atomic E-state index is 0.0752. The third kappa shape index (κ3) is 3.76. The van der Waals surface area contributed by atoms with Gasteiger partial charge in [-0.2, -0.15) is 0 Å². The Balaban J connectivity index is 2.01. The molecule has 0 amide bonds. The van der Waals surface area contributed by atoms with Crippen molar-refractivity contribution < 1.29 is 4.74 Å². The zero-order chi connectivity index (χ0) is 13.7. The second-order valence-corrected chi connectivity index (χ2v) is 4.96. The maximum atomic E-state index is 7.41. The van der Waals surface area contributed by atoms with Crippen molar-refractivity contribution in [2.75, 3.05) is 6.26 Å². The van der Waals surface area contributed by atoms with E-state index in [0.717, 1.165) is 16.9 Å². The summed E-state index contributed by atoms with van der Waals surface area (Å²) in [6.45, 7) is 0.472. The van der Waals surface area contributed by atoms with E-state index in [9.17, 15) is 0 Å². The van der Waals surface area contributed by atoms with Gasteiger partial charge in [-0.1, -0.05) is 18.2 Å². The minimum Gasteiger partial charge on any atom is -0.489 e. The molecule has 0 saturated carbocycles. The number of nitrogens with one attached hydrogen (secondary N) is 1. The SMILES string of the molecule is CSc1ccc(OCc2cccc(C(=N)N)c2)cc1. The van der Waals surface area contributed by atoms with Crippen LogP contribution in [-0.4, -0.2) is 12.1 Å². The number of rotatable bonds is 5. The Morgan fingerprint density at radius 1 is 1.21 bits per heavy atom. The summed E-state index contributed by atoms with van der Waals surface area (Å²) >= 11 is 1.70. The van der Waals surface area contributed by atoms with Crippen LogP contribution in [0.5, 0.6) is 5.75 Å². The third-order valence-corrected chi connectivity index (χ3v) is 3.45. The van der Waals surface area contributed by atoms with Crippen LogP contribution >= 0.6 is 11.8 Å². The van der Waals surface area contributed by atoms with E-state index < -0.39 is 0 Å². The van der Waals surface area contributed by atoms with E-state index in [-0.39, 0.29) is 5.84 Å². The van der Waals surface area contributed by atoms with Gasteiger partial charge in [0.25, 0.3) is 0 Å². The highest BCUT2D eigenvalue weighted by atomic mass is 32.2. The van der Waals surface area contributed by atoms with Gasteiger partial charge < -0.3 is 10.5 Å². The molecule has 2 aromatic rings. The monoisotopic (exact) mass is 272 g/mol. The Morgan fingerprint density at radius 2 is 1.95 bits per heavy atom. The highest BCUT2D eigenvalue weighted by Gasteiger charge is 2.00. The van der Waals surface area contributed by atoms with Crippen molar-refractivity contribution >= 4 is 17.6 Å². The molecule has 4 heteroatoms. The number of amidine groups is 1. The Hall–Kier alpha value is -1.94. The molecule has 2 rings (SSSR count). The molecule has 0 spiro atoms. The maximum Gasteiger partial charge on any atom is 0.122 e. The third-order valence-electron chi connectivity index (χ3n) is 2.70. The fourth-order valence-electron chi connectivity index (χ4n) is 1.67. The van der Waals surface area contributed by atoms with Gasteiger partial charge in [-0.3, -0.25) is 5.41 Å². The van der Waals surface area contributed by atoms with E-state index in [1.165, 1.54) is 4.90 Å². The number of thioether (sulfide) groups is 1. The summed E-state index contributed by atoms with van der Waals surface area (Å²) in [5, 5.41) is 7.41. The number of ether oxygens (including phenoxy) is 1. The van der Waals surface area contributed by atoms with Crippen molar-refractivity contribution in [1.82, 2.24) is 0 Å². The number of hydrogen-bond acceptors (Lipinski definition) is 3. The average Bonchev–Trinajstić information content (AvgIpc) is 2.46. The molecule has 0 saturated heterocycles. The van der Waals surface area contributed by atoms with Crippen LogP contribution in [0.1, 0.15) is 11.1 Å². The lowest BCUT2D eigenvalue weighted by Crippen LogP contribution is -2.11. The van der Waals surface area contributed by atoms with Crippen LogP contribution in [0.3, 0.4) is 0 Å². The number of benzene rings is 2. The highest BCUT2D eigenvalue weighted by Crippen LogP contribution is 2.19. The van der Waals surface area contributed by atoms with Gasteiger partial charge in [0.1, 0.15) is 18.2 Å². The molecular formula is C15H16N2OS. The lowest BCUT2D eigenvalue weighted by Gasteiger charge is -2.08. The van der Waals surface area contributed by atoms with E-state index in [4.69, 9.17) is 15.9 Å². The van der Waals surface area contributed by atoms with E-state index in [1.807, 2.05) is 54.8 Å². The van der Waals surface area contributed by atoms with Crippen LogP contribution in [-0.2, 0) is 6.61 Å². The Labute approximate surface area is 117 Å². The van der Waals surface area contributed by atoms with Gasteiger partial charge in [0.05, 0.1) is 0 Å². The predicted molar refractivity (Wildman–Crippen MR) is 80.0 cm³/mol. The van der Waals surface area contributed by atoms with Crippen LogP contribution in [0.25, 0.3) is 0 Å². The van der Waals surface area contributed by atoms with E-state index >= 15 is 0 Å². The smallest absolute Gasteiger partial charge is 0.122 e. The van der Waals surface area contributed by atoms with Crippen molar-refractivity contribution in [2.45, 2.75) is 11.5 Å². The molecule has 0 aliphatic heterocycles. The summed E-state index contributed by atoms with van der Waals surface area (Å²) in [4.78, 5) is 1.21. The van der Waals surface area contributed by atoms with Gasteiger partial charge in [-0.15, -0.1) is 11.8 Å². The highest BCUT2D eigenvalue weighted by molar-refractivity contribution is 7.98. The molecule has 0 fully saturated rings. The molecule has 0 bridgehead atoms. The first-order chi connectivity index (χ1) is 9.19. The number of hydrogen-bond donors (Lipinski definition) is 2. The second-order valence-electron chi connectivity index (χ2n) is 4.08. The zero-order valence-corrected chi connectivity index (χ0v) is 11.5. The molecule has 0 aliphatic carbocycles. The molecule has 3 nitrogen and oxygen atoms in total. The van der Waals surface area contributed by atoms with Crippen molar-refractivity contribution in [3.05, 3.63) is 59.7 Å². The van der Waals surface area contributed by atoms with Gasteiger partial charge in [-0.05, 0) is 42.2 Å². The summed E-state index contributed by atoms with van der Waals surface area (Å²) in [6, 6.07) is 15.5. The summed E-state index contributed by atoms with van der Waals surface area (Å²) in [6.07, 6.45) is 2.04. The van der Waals surface area contributed by atoms with Crippen molar-refractivity contribution in [2.24, 2.45) is 5.73 Å². The van der Waals surface area contributed by atoms with Gasteiger partial charge >= 0.3 is 0 Å². The fourth-order valence-corrected chi connectivity index (χ4v) is 2.08. The lowest BCUT2D eigenvalue weighted by molar-refractivity contribution is 0.306. The second kappa shape index (κ2) is 6.29. The van der Waals surface area contributed by atoms with Crippen LogP contribution in [0.4, 0.5) is 0 Å². The molecule has 0 aliphatic rings. The topological polar surface area (TPSA) is 59.1 Å². The molecule has 0 unspecified atom stereocenters. The van der Waals surface area contributed by atoms with Crippen LogP contribution in [0.2, 0.25) is 0 Å². The molecule has 0 radical (unpaired) electrons. The predicted octanol–water partition coefficient (Wildman–Crippen LogP) is 3.27. The van der Waals surface area contributed by atoms with Gasteiger partial charge in [-0.25, -0.2) is 0 Å². The molecule has 2 aromatic carbocycles. The zero-order valence-electron chi connectivity index (χ0n) is 10.7. The first kappa shape index (κ1) is 13.5. The van der Waals surface area contributed by atoms with Crippen LogP contribution in [0.15, 0.2) is 53.4 Å². The molecule has 0 aromatic heterocycles. The van der Waals surface area contributed by atoms with Gasteiger partial charge in [0.2, 0.25) is 0 Å². The van der Waals surface area contributed by atoms with Crippen LogP contribution < -0.4 is 10.5 Å². The van der Waals surface area contributed by atoms with E-state index in [0.29, 0.717) is 6.61 Å². The first-order valence-corrected chi connectivity index (χ1v) is 7.11. The molecule has 0 heterocycles. The molecule has 3 N–H and O–H groups in total. The molecular weight excluding hydrogens is 256 g/mol. The molecule has 98 valence electrons. The number of nitrogen functional groups attached to an aromatic ring is 1. The summed E-state index contributed by atoms with van der Waals surface area (Å²) in [7, 11) is 0. The minimum absolute atomic E-state index is 0.0752. The van der Waals surface area contributed by atoms with Crippen molar-refractivity contribution in [3.8, 4) is 5.75 Å². The molecule has 0 atom stereocenters. The Kier molecular flexibility index (Phi) is 4.47. The quantitative estimate of drug-likeness (QED) is 0.499. The standard InChI is InChI=1S/C15H16N2OS/c1-19-14-7-5-13(6-8-14)18-10-11-3-2-4-12(9-11)15(16)17/h2-9H,10H2,1H3,(H3,16,17). The van der Waals surface area contributed by atoms with E-state index in [1.54, 1.807) is 11.8 Å². The lowest BCUT2D eigenvalue weighted by atomic mass is 10.1. The van der Waals surface area contributed by atoms with Gasteiger partial charge in [0.15, 0.2) is 0 Å². The largest absolute Gasteiger partial charge is 0.489 e.